The van der Waals surface area contributed by atoms with Crippen molar-refractivity contribution in [2.24, 2.45) is 5.92 Å². The summed E-state index contributed by atoms with van der Waals surface area (Å²) in [6, 6.07) is 9.64. The average Bonchev–Trinajstić information content (AvgIpc) is 3.26. The molecule has 0 spiro atoms. The Labute approximate surface area is 198 Å². The number of carbonyl (C=O) groups excluding carboxylic acids is 2. The molecule has 1 heterocycles. The number of amides is 2. The third kappa shape index (κ3) is 5.44. The third-order valence-corrected chi connectivity index (χ3v) is 6.40. The molecule has 1 aliphatic carbocycles. The number of rotatable bonds is 8. The van der Waals surface area contributed by atoms with Gasteiger partial charge in [0, 0.05) is 38.9 Å². The van der Waals surface area contributed by atoms with Gasteiger partial charge < -0.3 is 19.5 Å². The van der Waals surface area contributed by atoms with E-state index in [1.54, 1.807) is 43.6 Å². The molecule has 0 atom stereocenters. The van der Waals surface area contributed by atoms with Gasteiger partial charge in [0.1, 0.15) is 5.82 Å². The summed E-state index contributed by atoms with van der Waals surface area (Å²) >= 11 is 0. The zero-order valence-electron chi connectivity index (χ0n) is 19.7. The first kappa shape index (κ1) is 23.9. The minimum atomic E-state index is -0.317. The highest BCUT2D eigenvalue weighted by Crippen LogP contribution is 2.28. The van der Waals surface area contributed by atoms with Crippen LogP contribution in [0.1, 0.15) is 48.0 Å². The van der Waals surface area contributed by atoms with Crippen LogP contribution in [0.15, 0.2) is 42.7 Å². The second-order valence-electron chi connectivity index (χ2n) is 8.93. The van der Waals surface area contributed by atoms with E-state index in [9.17, 15) is 14.0 Å². The molecule has 2 amide bonds. The fourth-order valence-electron chi connectivity index (χ4n) is 4.55. The summed E-state index contributed by atoms with van der Waals surface area (Å²) in [5, 5.41) is 3.02. The van der Waals surface area contributed by atoms with Crippen molar-refractivity contribution in [1.29, 1.82) is 0 Å². The number of carbonyl (C=O) groups is 2. The van der Waals surface area contributed by atoms with Crippen LogP contribution in [0, 0.1) is 11.7 Å². The molecule has 8 heteroatoms. The Balaban J connectivity index is 1.64. The number of aromatic nitrogens is 2. The maximum Gasteiger partial charge on any atom is 0.256 e. The summed E-state index contributed by atoms with van der Waals surface area (Å²) in [6.45, 7) is 1.35. The highest BCUT2D eigenvalue weighted by atomic mass is 19.1. The molecule has 1 fully saturated rings. The van der Waals surface area contributed by atoms with Crippen LogP contribution in [0.4, 0.5) is 10.1 Å². The summed E-state index contributed by atoms with van der Waals surface area (Å²) in [6.07, 6.45) is 6.79. The maximum atomic E-state index is 13.6. The molecule has 1 aliphatic rings. The van der Waals surface area contributed by atoms with Crippen molar-refractivity contribution < 1.29 is 18.7 Å². The van der Waals surface area contributed by atoms with E-state index in [0.29, 0.717) is 42.0 Å². The van der Waals surface area contributed by atoms with Crippen LogP contribution >= 0.6 is 0 Å². The van der Waals surface area contributed by atoms with Crippen molar-refractivity contribution in [2.45, 2.75) is 45.2 Å². The molecule has 0 radical (unpaired) electrons. The Morgan fingerprint density at radius 3 is 2.62 bits per heavy atom. The van der Waals surface area contributed by atoms with Gasteiger partial charge in [-0.15, -0.1) is 0 Å². The second kappa shape index (κ2) is 10.8. The zero-order valence-corrected chi connectivity index (χ0v) is 19.7. The minimum absolute atomic E-state index is 0.00371. The summed E-state index contributed by atoms with van der Waals surface area (Å²) in [7, 11) is 3.33. The number of nitrogens with zero attached hydrogens (tertiary/aromatic N) is 3. The van der Waals surface area contributed by atoms with E-state index in [0.717, 1.165) is 31.2 Å². The number of benzene rings is 2. The number of halogens is 1. The molecule has 1 aromatic heterocycles. The molecule has 4 rings (SSSR count). The maximum absolute atomic E-state index is 13.6. The molecule has 0 aliphatic heterocycles. The van der Waals surface area contributed by atoms with Crippen LogP contribution in [-0.4, -0.2) is 47.0 Å². The quantitative estimate of drug-likeness (QED) is 0.526. The van der Waals surface area contributed by atoms with Crippen LogP contribution in [0.25, 0.3) is 11.0 Å². The summed E-state index contributed by atoms with van der Waals surface area (Å²) in [4.78, 5) is 32.5. The average molecular weight is 467 g/mol. The topological polar surface area (TPSA) is 76.5 Å². The van der Waals surface area contributed by atoms with Gasteiger partial charge in [-0.25, -0.2) is 9.37 Å². The molecule has 34 heavy (non-hydrogen) atoms. The van der Waals surface area contributed by atoms with Gasteiger partial charge in [-0.05, 0) is 42.7 Å². The number of methoxy groups -OCH3 is 1. The van der Waals surface area contributed by atoms with Crippen LogP contribution in [0.2, 0.25) is 0 Å². The fraction of sp³-hybridized carbons (Fsp3) is 0.423. The van der Waals surface area contributed by atoms with Gasteiger partial charge >= 0.3 is 0 Å². The predicted molar refractivity (Wildman–Crippen MR) is 129 cm³/mol. The lowest BCUT2D eigenvalue weighted by atomic mass is 9.88. The number of anilines is 1. The van der Waals surface area contributed by atoms with Crippen molar-refractivity contribution in [2.75, 3.05) is 26.1 Å². The number of hydrogen-bond acceptors (Lipinski definition) is 4. The van der Waals surface area contributed by atoms with Crippen LogP contribution < -0.4 is 5.32 Å². The summed E-state index contributed by atoms with van der Waals surface area (Å²) in [5.74, 6) is -0.523. The van der Waals surface area contributed by atoms with E-state index in [4.69, 9.17) is 4.74 Å². The van der Waals surface area contributed by atoms with Gasteiger partial charge in [0.25, 0.3) is 5.91 Å². The molecule has 180 valence electrons. The number of nitrogens with one attached hydrogen (secondary N) is 1. The van der Waals surface area contributed by atoms with Crippen molar-refractivity contribution in [3.8, 4) is 0 Å². The number of fused-ring (bicyclic) bond motifs is 1. The molecule has 1 saturated carbocycles. The van der Waals surface area contributed by atoms with E-state index in [2.05, 4.69) is 10.3 Å². The Hall–Kier alpha value is -3.26. The van der Waals surface area contributed by atoms with Gasteiger partial charge in [-0.3, -0.25) is 9.59 Å². The molecular formula is C26H31FN4O3. The van der Waals surface area contributed by atoms with E-state index >= 15 is 0 Å². The minimum Gasteiger partial charge on any atom is -0.383 e. The molecular weight excluding hydrogens is 435 g/mol. The zero-order chi connectivity index (χ0) is 24.1. The van der Waals surface area contributed by atoms with Crippen molar-refractivity contribution in [3.63, 3.8) is 0 Å². The molecule has 1 N–H and O–H groups in total. The highest BCUT2D eigenvalue weighted by Gasteiger charge is 2.24. The van der Waals surface area contributed by atoms with E-state index in [1.165, 1.54) is 18.6 Å². The highest BCUT2D eigenvalue weighted by molar-refractivity contribution is 6.07. The van der Waals surface area contributed by atoms with E-state index < -0.39 is 0 Å². The molecule has 2 aromatic carbocycles. The van der Waals surface area contributed by atoms with Gasteiger partial charge in [0.15, 0.2) is 0 Å². The molecule has 0 bridgehead atoms. The molecule has 3 aromatic rings. The van der Waals surface area contributed by atoms with Crippen molar-refractivity contribution in [3.05, 3.63) is 59.7 Å². The molecule has 7 nitrogen and oxygen atoms in total. The van der Waals surface area contributed by atoms with Crippen molar-refractivity contribution >= 4 is 28.5 Å². The number of imidazole rings is 1. The Bertz CT molecular complexity index is 1150. The lowest BCUT2D eigenvalue weighted by Gasteiger charge is -2.22. The molecule has 0 unspecified atom stereocenters. The lowest BCUT2D eigenvalue weighted by Crippen LogP contribution is -2.28. The Kier molecular flexibility index (Phi) is 7.57. The normalized spacial score (nSPS) is 14.3. The second-order valence-corrected chi connectivity index (χ2v) is 8.93. The summed E-state index contributed by atoms with van der Waals surface area (Å²) < 4.78 is 20.4. The van der Waals surface area contributed by atoms with Gasteiger partial charge in [0.05, 0.1) is 29.5 Å². The van der Waals surface area contributed by atoms with Gasteiger partial charge in [0.2, 0.25) is 5.91 Å². The Morgan fingerprint density at radius 1 is 1.18 bits per heavy atom. The SMILES string of the molecule is COCCn1cnc2cc(NC(=O)C3CCCCC3)cc(C(=O)N(C)Cc3ccc(F)cc3)c21. The lowest BCUT2D eigenvalue weighted by molar-refractivity contribution is -0.120. The first-order valence-corrected chi connectivity index (χ1v) is 11.7. The number of ether oxygens (including phenoxy) is 1. The smallest absolute Gasteiger partial charge is 0.256 e. The monoisotopic (exact) mass is 466 g/mol. The van der Waals surface area contributed by atoms with Crippen LogP contribution in [-0.2, 0) is 22.6 Å². The first-order chi connectivity index (χ1) is 16.5. The first-order valence-electron chi connectivity index (χ1n) is 11.7. The van der Waals surface area contributed by atoms with Crippen LogP contribution in [0.5, 0.6) is 0 Å². The van der Waals surface area contributed by atoms with Crippen molar-refractivity contribution in [1.82, 2.24) is 14.5 Å². The summed E-state index contributed by atoms with van der Waals surface area (Å²) in [5.41, 5.74) is 3.18. The van der Waals surface area contributed by atoms with E-state index in [-0.39, 0.29) is 23.5 Å². The Morgan fingerprint density at radius 2 is 1.91 bits per heavy atom. The molecule has 0 saturated heterocycles. The predicted octanol–water partition coefficient (Wildman–Crippen LogP) is 4.61. The van der Waals surface area contributed by atoms with Gasteiger partial charge in [-0.1, -0.05) is 31.4 Å². The fourth-order valence-corrected chi connectivity index (χ4v) is 4.55. The van der Waals surface area contributed by atoms with E-state index in [1.807, 2.05) is 10.6 Å². The standard InChI is InChI=1S/C26H31FN4O3/c1-30(16-18-8-10-20(27)11-9-18)26(33)22-14-21(29-25(32)19-6-4-3-5-7-19)15-23-24(22)31(17-28-23)12-13-34-2/h8-11,14-15,17,19H,3-7,12-13,16H2,1-2H3,(H,29,32). The van der Waals surface area contributed by atoms with Crippen LogP contribution in [0.3, 0.4) is 0 Å². The third-order valence-electron chi connectivity index (χ3n) is 6.40. The van der Waals surface area contributed by atoms with Gasteiger partial charge in [-0.2, -0.15) is 0 Å². The number of hydrogen-bond donors (Lipinski definition) is 1. The largest absolute Gasteiger partial charge is 0.383 e.